The van der Waals surface area contributed by atoms with Gasteiger partial charge in [-0.2, -0.15) is 0 Å². The summed E-state index contributed by atoms with van der Waals surface area (Å²) in [5.41, 5.74) is 4.48. The molecule has 4 bridgehead atoms. The minimum atomic E-state index is -1.55. The maximum absolute atomic E-state index is 15.8. The predicted octanol–water partition coefficient (Wildman–Crippen LogP) is 7.86. The van der Waals surface area contributed by atoms with E-state index in [-0.39, 0.29) is 49.6 Å². The largest absolute Gasteiger partial charge is 0.482 e. The highest BCUT2D eigenvalue weighted by Gasteiger charge is 2.84. The summed E-state index contributed by atoms with van der Waals surface area (Å²) >= 11 is 0. The molecule has 3 aromatic rings. The molecule has 1 aromatic heterocycles. The number of aliphatic hydroxyl groups is 1. The summed E-state index contributed by atoms with van der Waals surface area (Å²) in [5, 5.41) is 16.0. The molecule has 0 radical (unpaired) electrons. The first-order chi connectivity index (χ1) is 29.0. The van der Waals surface area contributed by atoms with Crippen LogP contribution in [0.5, 0.6) is 17.2 Å². The van der Waals surface area contributed by atoms with Crippen LogP contribution in [0.1, 0.15) is 110 Å². The van der Waals surface area contributed by atoms with E-state index in [9.17, 15) is 14.7 Å². The van der Waals surface area contributed by atoms with Gasteiger partial charge in [0.25, 0.3) is 0 Å². The van der Waals surface area contributed by atoms with Gasteiger partial charge in [0.2, 0.25) is 11.9 Å². The van der Waals surface area contributed by atoms with Crippen LogP contribution in [0.3, 0.4) is 0 Å². The summed E-state index contributed by atoms with van der Waals surface area (Å²) in [4.78, 5) is 48.0. The number of ketones is 1. The first-order valence-corrected chi connectivity index (χ1v) is 21.6. The molecule has 1 amide bonds. The van der Waals surface area contributed by atoms with Crippen LogP contribution in [0, 0.1) is 11.8 Å². The number of carbonyl (C=O) groups is 3. The lowest BCUT2D eigenvalue weighted by molar-refractivity contribution is -0.181. The smallest absolute Gasteiger partial charge is 0.315 e. The van der Waals surface area contributed by atoms with Crippen molar-refractivity contribution in [3.05, 3.63) is 87.6 Å². The molecule has 2 aromatic carbocycles. The number of nitrogens with zero attached hydrogens (tertiary/aromatic N) is 2. The van der Waals surface area contributed by atoms with Gasteiger partial charge in [0.15, 0.2) is 22.7 Å². The number of aliphatic hydroxyl groups excluding tert-OH is 1. The van der Waals surface area contributed by atoms with E-state index in [2.05, 4.69) is 68.0 Å². The minimum absolute atomic E-state index is 0.0684. The van der Waals surface area contributed by atoms with Gasteiger partial charge in [-0.05, 0) is 105 Å². The number of allylic oxidation sites excluding steroid dienone is 4. The molecule has 3 saturated carbocycles. The Kier molecular flexibility index (Phi) is 8.79. The number of carbonyl (C=O) groups excluding carboxylic acids is 3. The number of rotatable bonds is 10. The van der Waals surface area contributed by atoms with Gasteiger partial charge >= 0.3 is 5.97 Å². The molecule has 3 aliphatic carbocycles. The van der Waals surface area contributed by atoms with E-state index in [0.717, 1.165) is 45.3 Å². The van der Waals surface area contributed by atoms with Crippen LogP contribution in [0.2, 0.25) is 0 Å². The Morgan fingerprint density at radius 3 is 2.51 bits per heavy atom. The molecule has 1 spiro atoms. The van der Waals surface area contributed by atoms with E-state index >= 15 is 4.79 Å². The number of para-hydroxylation sites is 2. The summed E-state index contributed by atoms with van der Waals surface area (Å²) in [6.07, 6.45) is 10.8. The fourth-order valence-electron chi connectivity index (χ4n) is 11.6. The third kappa shape index (κ3) is 5.49. The van der Waals surface area contributed by atoms with Crippen LogP contribution in [0.4, 0.5) is 5.95 Å². The van der Waals surface area contributed by atoms with Gasteiger partial charge in [0.05, 0.1) is 52.5 Å². The topological polar surface area (TPSA) is 150 Å². The molecule has 12 nitrogen and oxygen atoms in total. The van der Waals surface area contributed by atoms with E-state index in [4.69, 9.17) is 23.9 Å². The van der Waals surface area contributed by atoms with Crippen LogP contribution in [0.15, 0.2) is 70.9 Å². The fourth-order valence-corrected chi connectivity index (χ4v) is 11.6. The third-order valence-electron chi connectivity index (χ3n) is 14.1. The van der Waals surface area contributed by atoms with Crippen molar-refractivity contribution >= 4 is 45.9 Å². The maximum Gasteiger partial charge on any atom is 0.315 e. The first-order valence-electron chi connectivity index (χ1n) is 21.6. The second kappa shape index (κ2) is 13.5. The number of fused-ring (bicyclic) bond motifs is 6. The molecule has 6 unspecified atom stereocenters. The molecule has 11 rings (SSSR count). The zero-order valence-corrected chi connectivity index (χ0v) is 36.2. The van der Waals surface area contributed by atoms with Crippen molar-refractivity contribution in [2.24, 2.45) is 11.8 Å². The molecule has 8 aliphatic rings. The Balaban J connectivity index is 1.28. The normalized spacial score (nSPS) is 29.2. The second-order valence-electron chi connectivity index (χ2n) is 19.1. The molecule has 318 valence electrons. The van der Waals surface area contributed by atoms with Crippen molar-refractivity contribution in [1.29, 1.82) is 0 Å². The SMILES string of the molecule is CC(C)=CCCC1(C)C=C2CC(=O)Oc3c2c(c(CC=C(C)C)c2c3C3=C4C(C5CC6C(C)(C)OC(C/C=C(/C)C(=O)NCCO)(C5=O)C46O2)n2c(nc4ccccc42)N3)O1. The van der Waals surface area contributed by atoms with Crippen molar-refractivity contribution < 1.29 is 38.4 Å². The van der Waals surface area contributed by atoms with Crippen molar-refractivity contribution in [1.82, 2.24) is 14.9 Å². The average molecular weight is 827 g/mol. The highest BCUT2D eigenvalue weighted by atomic mass is 16.6. The molecule has 5 aliphatic heterocycles. The van der Waals surface area contributed by atoms with E-state index < -0.39 is 34.4 Å². The number of hydrogen-bond donors (Lipinski definition) is 3. The lowest BCUT2D eigenvalue weighted by atomic mass is 9.47. The number of benzene rings is 2. The van der Waals surface area contributed by atoms with Gasteiger partial charge in [0, 0.05) is 41.5 Å². The van der Waals surface area contributed by atoms with Gasteiger partial charge in [-0.25, -0.2) is 4.98 Å². The minimum Gasteiger partial charge on any atom is -0.482 e. The molecular formula is C49H54N4O8. The summed E-state index contributed by atoms with van der Waals surface area (Å²) < 4.78 is 30.9. The zero-order valence-electron chi connectivity index (χ0n) is 36.2. The Hall–Kier alpha value is -5.46. The lowest BCUT2D eigenvalue weighted by Crippen LogP contribution is -2.75. The van der Waals surface area contributed by atoms with Crippen molar-refractivity contribution in [3.63, 3.8) is 0 Å². The molecular weight excluding hydrogens is 773 g/mol. The number of nitrogens with one attached hydrogen (secondary N) is 2. The maximum atomic E-state index is 15.8. The van der Waals surface area contributed by atoms with Gasteiger partial charge in [-0.1, -0.05) is 41.5 Å². The van der Waals surface area contributed by atoms with Crippen molar-refractivity contribution in [2.45, 2.75) is 122 Å². The second-order valence-corrected chi connectivity index (χ2v) is 19.1. The number of hydrogen-bond acceptors (Lipinski definition) is 10. The number of Topliss-reactive ketones (excluding diaryl/α,β-unsaturated/α-hetero) is 1. The fraction of sp³-hybridized carbons (Fsp3) is 0.469. The van der Waals surface area contributed by atoms with Gasteiger partial charge in [0.1, 0.15) is 17.1 Å². The Morgan fingerprint density at radius 1 is 1.00 bits per heavy atom. The molecule has 61 heavy (non-hydrogen) atoms. The Morgan fingerprint density at radius 2 is 1.75 bits per heavy atom. The lowest BCUT2D eigenvalue weighted by Gasteiger charge is -2.62. The summed E-state index contributed by atoms with van der Waals surface area (Å²) in [7, 11) is 0. The van der Waals surface area contributed by atoms with Crippen molar-refractivity contribution in [2.75, 3.05) is 18.5 Å². The standard InChI is InChI=1S/C49H54N4O8/c1-25(2)12-11-18-47(8)24-28-22-34(55)58-42-35(28)40(59-47)29(16-15-26(3)4)41-36(42)38-37-39(53-32-14-10-9-13-31(32)51-45(53)52-38)30-23-33-46(6,7)61-48(43(30)56,49(33,37)60-41)19-17-27(5)44(57)50-20-21-54/h9-10,12-15,17,24,30,33,39,54H,11,16,18-23H2,1-8H3,(H,50,57)(H,51,52)/b27-17-. The summed E-state index contributed by atoms with van der Waals surface area (Å²) in [6, 6.07) is 7.44. The Bertz CT molecular complexity index is 2650. The number of imidazole rings is 1. The van der Waals surface area contributed by atoms with E-state index in [1.165, 1.54) is 5.57 Å². The summed E-state index contributed by atoms with van der Waals surface area (Å²) in [6.45, 7) is 16.1. The zero-order chi connectivity index (χ0) is 43.0. The molecule has 6 atom stereocenters. The quantitative estimate of drug-likeness (QED) is 0.0798. The number of esters is 1. The monoisotopic (exact) mass is 826 g/mol. The van der Waals surface area contributed by atoms with E-state index in [0.29, 0.717) is 59.3 Å². The number of amides is 1. The van der Waals surface area contributed by atoms with Crippen LogP contribution >= 0.6 is 0 Å². The molecule has 6 heterocycles. The highest BCUT2D eigenvalue weighted by Crippen LogP contribution is 2.74. The number of ether oxygens (including phenoxy) is 4. The average Bonchev–Trinajstić information content (AvgIpc) is 3.64. The molecule has 3 N–H and O–H groups in total. The Labute approximate surface area is 355 Å². The number of aromatic nitrogens is 2. The highest BCUT2D eigenvalue weighted by molar-refractivity contribution is 6.06. The van der Waals surface area contributed by atoms with Gasteiger partial charge in [-0.3, -0.25) is 14.4 Å². The van der Waals surface area contributed by atoms with Gasteiger partial charge < -0.3 is 39.3 Å². The third-order valence-corrected chi connectivity index (χ3v) is 14.1. The van der Waals surface area contributed by atoms with E-state index in [1.807, 2.05) is 38.1 Å². The van der Waals surface area contributed by atoms with Crippen molar-refractivity contribution in [3.8, 4) is 17.2 Å². The molecule has 1 saturated heterocycles. The molecule has 4 fully saturated rings. The van der Waals surface area contributed by atoms with E-state index in [1.54, 1.807) is 13.0 Å². The van der Waals surface area contributed by atoms with Crippen LogP contribution < -0.4 is 24.8 Å². The predicted molar refractivity (Wildman–Crippen MR) is 231 cm³/mol. The number of anilines is 1. The first kappa shape index (κ1) is 39.7. The molecule has 12 heteroatoms. The van der Waals surface area contributed by atoms with Crippen LogP contribution in [-0.4, -0.2) is 67.9 Å². The van der Waals surface area contributed by atoms with Crippen LogP contribution in [-0.2, 0) is 25.5 Å². The van der Waals surface area contributed by atoms with Crippen LogP contribution in [0.25, 0.3) is 22.3 Å². The summed E-state index contributed by atoms with van der Waals surface area (Å²) in [5.74, 6) is 0.438. The van der Waals surface area contributed by atoms with Gasteiger partial charge in [-0.15, -0.1) is 0 Å².